The predicted molar refractivity (Wildman–Crippen MR) is 119 cm³/mol. The standard InChI is InChI=1S/C25H28N2O3/c1-16-11-17(2)15-27(14-16)25(28)21-13-23(26-22-8-6-5-7-19(21)22)20-10-9-18(29-3)12-24(20)30-4/h5-10,12-13,16-17H,11,14-15H2,1-4H3/t16-,17-/m1/s1. The fourth-order valence-corrected chi connectivity index (χ4v) is 4.50. The number of ether oxygens (including phenoxy) is 2. The molecule has 1 aliphatic heterocycles. The molecule has 1 fully saturated rings. The lowest BCUT2D eigenvalue weighted by molar-refractivity contribution is 0.0625. The number of piperidine rings is 1. The quantitative estimate of drug-likeness (QED) is 0.611. The summed E-state index contributed by atoms with van der Waals surface area (Å²) >= 11 is 0. The monoisotopic (exact) mass is 404 g/mol. The van der Waals surface area contributed by atoms with E-state index in [0.717, 1.165) is 41.7 Å². The third-order valence-corrected chi connectivity index (χ3v) is 5.79. The zero-order valence-electron chi connectivity index (χ0n) is 18.0. The molecule has 0 N–H and O–H groups in total. The van der Waals surface area contributed by atoms with Crippen LogP contribution in [0.1, 0.15) is 30.6 Å². The molecule has 3 aromatic rings. The first kappa shape index (κ1) is 20.2. The van der Waals surface area contributed by atoms with Gasteiger partial charge in [-0.15, -0.1) is 0 Å². The second-order valence-corrected chi connectivity index (χ2v) is 8.29. The molecule has 1 aliphatic rings. The van der Waals surface area contributed by atoms with Crippen LogP contribution in [0.3, 0.4) is 0 Å². The Kier molecular flexibility index (Phi) is 5.62. The van der Waals surface area contributed by atoms with Crippen LogP contribution in [-0.2, 0) is 0 Å². The highest BCUT2D eigenvalue weighted by atomic mass is 16.5. The molecule has 5 nitrogen and oxygen atoms in total. The first-order chi connectivity index (χ1) is 14.5. The number of carbonyl (C=O) groups is 1. The number of amides is 1. The van der Waals surface area contributed by atoms with E-state index in [2.05, 4.69) is 13.8 Å². The lowest BCUT2D eigenvalue weighted by atomic mass is 9.91. The second kappa shape index (κ2) is 8.34. The minimum atomic E-state index is 0.0701. The highest BCUT2D eigenvalue weighted by Gasteiger charge is 2.27. The number of benzene rings is 2. The van der Waals surface area contributed by atoms with Gasteiger partial charge in [0.05, 0.1) is 31.0 Å². The number of fused-ring (bicyclic) bond motifs is 1. The molecule has 156 valence electrons. The van der Waals surface area contributed by atoms with Crippen LogP contribution < -0.4 is 9.47 Å². The number of para-hydroxylation sites is 1. The molecule has 5 heteroatoms. The number of hydrogen-bond donors (Lipinski definition) is 0. The average Bonchev–Trinajstić information content (AvgIpc) is 2.76. The van der Waals surface area contributed by atoms with Crippen molar-refractivity contribution in [2.24, 2.45) is 11.8 Å². The summed E-state index contributed by atoms with van der Waals surface area (Å²) in [6.45, 7) is 6.02. The van der Waals surface area contributed by atoms with Crippen molar-refractivity contribution in [1.82, 2.24) is 9.88 Å². The third-order valence-electron chi connectivity index (χ3n) is 5.79. The fourth-order valence-electron chi connectivity index (χ4n) is 4.50. The molecule has 1 aromatic heterocycles. The van der Waals surface area contributed by atoms with Crippen molar-refractivity contribution in [3.63, 3.8) is 0 Å². The molecule has 1 saturated heterocycles. The summed E-state index contributed by atoms with van der Waals surface area (Å²) < 4.78 is 10.9. The summed E-state index contributed by atoms with van der Waals surface area (Å²) in [6, 6.07) is 15.4. The molecule has 30 heavy (non-hydrogen) atoms. The molecule has 2 heterocycles. The van der Waals surface area contributed by atoms with Gasteiger partial charge < -0.3 is 14.4 Å². The number of nitrogens with zero attached hydrogens (tertiary/aromatic N) is 2. The number of likely N-dealkylation sites (tertiary alicyclic amines) is 1. The van der Waals surface area contributed by atoms with E-state index >= 15 is 0 Å². The van der Waals surface area contributed by atoms with Crippen molar-refractivity contribution in [2.45, 2.75) is 20.3 Å². The minimum absolute atomic E-state index is 0.0701. The molecular weight excluding hydrogens is 376 g/mol. The van der Waals surface area contributed by atoms with Gasteiger partial charge in [0.25, 0.3) is 5.91 Å². The van der Waals surface area contributed by atoms with Gasteiger partial charge in [-0.05, 0) is 42.5 Å². The Morgan fingerprint density at radius 3 is 2.43 bits per heavy atom. The summed E-state index contributed by atoms with van der Waals surface area (Å²) in [6.07, 6.45) is 1.16. The zero-order chi connectivity index (χ0) is 21.3. The van der Waals surface area contributed by atoms with Crippen LogP contribution in [-0.4, -0.2) is 43.1 Å². The van der Waals surface area contributed by atoms with E-state index in [1.807, 2.05) is 53.4 Å². The Balaban J connectivity index is 1.84. The summed E-state index contributed by atoms with van der Waals surface area (Å²) in [4.78, 5) is 20.4. The number of aromatic nitrogens is 1. The van der Waals surface area contributed by atoms with Gasteiger partial charge in [0.1, 0.15) is 11.5 Å². The van der Waals surface area contributed by atoms with Crippen molar-refractivity contribution in [2.75, 3.05) is 27.3 Å². The van der Waals surface area contributed by atoms with E-state index in [0.29, 0.717) is 28.9 Å². The van der Waals surface area contributed by atoms with Crippen LogP contribution in [0.25, 0.3) is 22.2 Å². The summed E-state index contributed by atoms with van der Waals surface area (Å²) in [5, 5.41) is 0.879. The Morgan fingerprint density at radius 2 is 1.73 bits per heavy atom. The van der Waals surface area contributed by atoms with E-state index in [4.69, 9.17) is 14.5 Å². The Labute approximate surface area is 177 Å². The van der Waals surface area contributed by atoms with Gasteiger partial charge in [-0.2, -0.15) is 0 Å². The van der Waals surface area contributed by atoms with Crippen LogP contribution in [0.15, 0.2) is 48.5 Å². The van der Waals surface area contributed by atoms with Crippen molar-refractivity contribution in [3.05, 3.63) is 54.1 Å². The van der Waals surface area contributed by atoms with Gasteiger partial charge in [0, 0.05) is 30.1 Å². The van der Waals surface area contributed by atoms with Crippen molar-refractivity contribution < 1.29 is 14.3 Å². The predicted octanol–water partition coefficient (Wildman–Crippen LogP) is 5.04. The number of pyridine rings is 1. The van der Waals surface area contributed by atoms with E-state index in [1.165, 1.54) is 0 Å². The van der Waals surface area contributed by atoms with E-state index < -0.39 is 0 Å². The number of carbonyl (C=O) groups excluding carboxylic acids is 1. The van der Waals surface area contributed by atoms with E-state index in [9.17, 15) is 4.79 Å². The molecule has 2 aromatic carbocycles. The van der Waals surface area contributed by atoms with Crippen LogP contribution in [0, 0.1) is 11.8 Å². The largest absolute Gasteiger partial charge is 0.497 e. The van der Waals surface area contributed by atoms with Crippen LogP contribution in [0.4, 0.5) is 0 Å². The molecule has 0 aliphatic carbocycles. The summed E-state index contributed by atoms with van der Waals surface area (Å²) in [5.41, 5.74) is 3.04. The first-order valence-corrected chi connectivity index (χ1v) is 10.4. The summed E-state index contributed by atoms with van der Waals surface area (Å²) in [7, 11) is 3.25. The van der Waals surface area contributed by atoms with Gasteiger partial charge in [-0.25, -0.2) is 4.98 Å². The third kappa shape index (κ3) is 3.84. The molecule has 0 radical (unpaired) electrons. The minimum Gasteiger partial charge on any atom is -0.497 e. The smallest absolute Gasteiger partial charge is 0.254 e. The molecule has 2 atom stereocenters. The second-order valence-electron chi connectivity index (χ2n) is 8.29. The van der Waals surface area contributed by atoms with Crippen molar-refractivity contribution in [1.29, 1.82) is 0 Å². The Hall–Kier alpha value is -3.08. The highest BCUT2D eigenvalue weighted by Crippen LogP contribution is 2.35. The maximum Gasteiger partial charge on any atom is 0.254 e. The number of hydrogen-bond acceptors (Lipinski definition) is 4. The van der Waals surface area contributed by atoms with E-state index in [-0.39, 0.29) is 5.91 Å². The van der Waals surface area contributed by atoms with E-state index in [1.54, 1.807) is 14.2 Å². The SMILES string of the molecule is COc1ccc(-c2cc(C(=O)N3C[C@H](C)C[C@@H](C)C3)c3ccccc3n2)c(OC)c1. The average molecular weight is 405 g/mol. The van der Waals surface area contributed by atoms with Crippen LogP contribution in [0.2, 0.25) is 0 Å². The van der Waals surface area contributed by atoms with Gasteiger partial charge >= 0.3 is 0 Å². The maximum atomic E-state index is 13.6. The Morgan fingerprint density at radius 1 is 1.00 bits per heavy atom. The zero-order valence-corrected chi connectivity index (χ0v) is 18.0. The molecule has 0 saturated carbocycles. The van der Waals surface area contributed by atoms with Gasteiger partial charge in [-0.1, -0.05) is 32.0 Å². The molecular formula is C25H28N2O3. The van der Waals surface area contributed by atoms with Crippen LogP contribution >= 0.6 is 0 Å². The first-order valence-electron chi connectivity index (χ1n) is 10.4. The van der Waals surface area contributed by atoms with Gasteiger partial charge in [0.15, 0.2) is 0 Å². The molecule has 0 bridgehead atoms. The molecule has 1 amide bonds. The maximum absolute atomic E-state index is 13.6. The normalized spacial score (nSPS) is 19.0. The van der Waals surface area contributed by atoms with Crippen LogP contribution in [0.5, 0.6) is 11.5 Å². The summed E-state index contributed by atoms with van der Waals surface area (Å²) in [5.74, 6) is 2.46. The fraction of sp³-hybridized carbons (Fsp3) is 0.360. The molecule has 4 rings (SSSR count). The van der Waals surface area contributed by atoms with Crippen molar-refractivity contribution >= 4 is 16.8 Å². The van der Waals surface area contributed by atoms with Gasteiger partial charge in [-0.3, -0.25) is 4.79 Å². The topological polar surface area (TPSA) is 51.7 Å². The van der Waals surface area contributed by atoms with Gasteiger partial charge in [0.2, 0.25) is 0 Å². The highest BCUT2D eigenvalue weighted by molar-refractivity contribution is 6.07. The number of methoxy groups -OCH3 is 2. The Bertz CT molecular complexity index is 1070. The lowest BCUT2D eigenvalue weighted by Gasteiger charge is -2.35. The molecule has 0 unspecified atom stereocenters. The van der Waals surface area contributed by atoms with Crippen molar-refractivity contribution in [3.8, 4) is 22.8 Å². The number of rotatable bonds is 4. The molecule has 0 spiro atoms. The lowest BCUT2D eigenvalue weighted by Crippen LogP contribution is -2.42.